The van der Waals surface area contributed by atoms with Crippen molar-refractivity contribution in [2.75, 3.05) is 6.61 Å². The van der Waals surface area contributed by atoms with E-state index in [4.69, 9.17) is 10.5 Å². The summed E-state index contributed by atoms with van der Waals surface area (Å²) >= 11 is 0. The number of aryl methyl sites for hydroxylation is 1. The number of aliphatic hydroxyl groups is 1. The fourth-order valence-electron chi connectivity index (χ4n) is 1.49. The molecule has 1 rings (SSSR count). The van der Waals surface area contributed by atoms with E-state index in [0.717, 1.165) is 16.9 Å². The second-order valence-electron chi connectivity index (χ2n) is 4.94. The Kier molecular flexibility index (Phi) is 4.97. The lowest BCUT2D eigenvalue weighted by molar-refractivity contribution is 0.0698. The molecule has 3 N–H and O–H groups in total. The van der Waals surface area contributed by atoms with E-state index < -0.39 is 6.10 Å². The van der Waals surface area contributed by atoms with Crippen molar-refractivity contribution >= 4 is 0 Å². The molecular weight excluding hydrogens is 214 g/mol. The van der Waals surface area contributed by atoms with Crippen LogP contribution in [0.25, 0.3) is 0 Å². The van der Waals surface area contributed by atoms with Crippen molar-refractivity contribution in [3.05, 3.63) is 29.3 Å². The molecular formula is C14H23NO2. The van der Waals surface area contributed by atoms with Gasteiger partial charge < -0.3 is 15.6 Å². The Morgan fingerprint density at radius 2 is 1.94 bits per heavy atom. The molecule has 1 aromatic carbocycles. The van der Waals surface area contributed by atoms with Crippen molar-refractivity contribution in [1.29, 1.82) is 0 Å². The Bertz CT molecular complexity index is 361. The van der Waals surface area contributed by atoms with Crippen LogP contribution in [0.1, 0.15) is 37.9 Å². The second-order valence-corrected chi connectivity index (χ2v) is 4.94. The molecule has 0 heterocycles. The van der Waals surface area contributed by atoms with Crippen LogP contribution >= 0.6 is 0 Å². The average Bonchev–Trinajstić information content (AvgIpc) is 2.26. The molecule has 0 spiro atoms. The molecule has 0 saturated carbocycles. The first-order chi connectivity index (χ1) is 7.91. The SMILES string of the molecule is Cc1cc(C(C)N)ccc1OCC(O)C(C)C. The molecule has 0 aliphatic rings. The zero-order chi connectivity index (χ0) is 13.0. The van der Waals surface area contributed by atoms with Crippen LogP contribution in [-0.2, 0) is 0 Å². The summed E-state index contributed by atoms with van der Waals surface area (Å²) in [5.74, 6) is 1.02. The van der Waals surface area contributed by atoms with Crippen LogP contribution in [0.2, 0.25) is 0 Å². The van der Waals surface area contributed by atoms with Gasteiger partial charge in [0.05, 0.1) is 6.10 Å². The van der Waals surface area contributed by atoms with Crippen LogP contribution in [0.15, 0.2) is 18.2 Å². The summed E-state index contributed by atoms with van der Waals surface area (Å²) in [6, 6.07) is 5.95. The van der Waals surface area contributed by atoms with E-state index in [1.807, 2.05) is 45.9 Å². The number of rotatable bonds is 5. The van der Waals surface area contributed by atoms with Gasteiger partial charge in [-0.15, -0.1) is 0 Å². The molecule has 3 heteroatoms. The first kappa shape index (κ1) is 14.0. The number of nitrogens with two attached hydrogens (primary N) is 1. The van der Waals surface area contributed by atoms with Crippen LogP contribution in [0.5, 0.6) is 5.75 Å². The molecule has 3 nitrogen and oxygen atoms in total. The molecule has 0 aliphatic heterocycles. The maximum atomic E-state index is 9.68. The lowest BCUT2D eigenvalue weighted by Crippen LogP contribution is -2.23. The molecule has 0 radical (unpaired) electrons. The Balaban J connectivity index is 2.67. The highest BCUT2D eigenvalue weighted by Gasteiger charge is 2.11. The maximum Gasteiger partial charge on any atom is 0.122 e. The van der Waals surface area contributed by atoms with Crippen LogP contribution in [-0.4, -0.2) is 17.8 Å². The summed E-state index contributed by atoms with van der Waals surface area (Å²) < 4.78 is 5.60. The third kappa shape index (κ3) is 4.02. The van der Waals surface area contributed by atoms with Gasteiger partial charge in [0.1, 0.15) is 12.4 Å². The molecule has 0 aliphatic carbocycles. The van der Waals surface area contributed by atoms with E-state index in [2.05, 4.69) is 0 Å². The lowest BCUT2D eigenvalue weighted by Gasteiger charge is -2.17. The number of hydrogen-bond donors (Lipinski definition) is 2. The topological polar surface area (TPSA) is 55.5 Å². The summed E-state index contributed by atoms with van der Waals surface area (Å²) in [5, 5.41) is 9.68. The van der Waals surface area contributed by atoms with E-state index >= 15 is 0 Å². The van der Waals surface area contributed by atoms with Crippen molar-refractivity contribution in [3.63, 3.8) is 0 Å². The third-order valence-electron chi connectivity index (χ3n) is 2.90. The monoisotopic (exact) mass is 237 g/mol. The Morgan fingerprint density at radius 1 is 1.29 bits per heavy atom. The lowest BCUT2D eigenvalue weighted by atomic mass is 10.1. The summed E-state index contributed by atoms with van der Waals surface area (Å²) in [6.07, 6.45) is -0.428. The van der Waals surface area contributed by atoms with Gasteiger partial charge in [-0.1, -0.05) is 26.0 Å². The molecule has 0 aromatic heterocycles. The van der Waals surface area contributed by atoms with E-state index in [1.54, 1.807) is 0 Å². The van der Waals surface area contributed by atoms with Crippen LogP contribution in [0.3, 0.4) is 0 Å². The van der Waals surface area contributed by atoms with Crippen LogP contribution in [0.4, 0.5) is 0 Å². The number of benzene rings is 1. The van der Waals surface area contributed by atoms with Crippen molar-refractivity contribution < 1.29 is 9.84 Å². The fourth-order valence-corrected chi connectivity index (χ4v) is 1.49. The summed E-state index contributed by atoms with van der Waals surface area (Å²) in [6.45, 7) is 8.22. The van der Waals surface area contributed by atoms with E-state index in [1.165, 1.54) is 0 Å². The second kappa shape index (κ2) is 6.03. The van der Waals surface area contributed by atoms with E-state index in [-0.39, 0.29) is 12.0 Å². The first-order valence-corrected chi connectivity index (χ1v) is 6.08. The number of aliphatic hydroxyl groups excluding tert-OH is 1. The molecule has 2 unspecified atom stereocenters. The maximum absolute atomic E-state index is 9.68. The molecule has 0 fully saturated rings. The minimum absolute atomic E-state index is 0.0315. The van der Waals surface area contributed by atoms with Crippen molar-refractivity contribution in [1.82, 2.24) is 0 Å². The van der Waals surface area contributed by atoms with Gasteiger partial charge in [0.25, 0.3) is 0 Å². The predicted molar refractivity (Wildman–Crippen MR) is 70.1 cm³/mol. The van der Waals surface area contributed by atoms with E-state index in [9.17, 15) is 5.11 Å². The smallest absolute Gasteiger partial charge is 0.122 e. The molecule has 0 saturated heterocycles. The van der Waals surface area contributed by atoms with Crippen LogP contribution in [0, 0.1) is 12.8 Å². The van der Waals surface area contributed by atoms with Gasteiger partial charge in [-0.05, 0) is 37.0 Å². The highest BCUT2D eigenvalue weighted by molar-refractivity contribution is 5.37. The van der Waals surface area contributed by atoms with Gasteiger partial charge in [0.2, 0.25) is 0 Å². The molecule has 17 heavy (non-hydrogen) atoms. The Hall–Kier alpha value is -1.06. The molecule has 0 amide bonds. The zero-order valence-corrected chi connectivity index (χ0v) is 11.1. The summed E-state index contributed by atoms with van der Waals surface area (Å²) in [5.41, 5.74) is 7.96. The minimum Gasteiger partial charge on any atom is -0.491 e. The largest absolute Gasteiger partial charge is 0.491 e. The third-order valence-corrected chi connectivity index (χ3v) is 2.90. The van der Waals surface area contributed by atoms with Crippen molar-refractivity contribution in [2.24, 2.45) is 11.7 Å². The molecule has 2 atom stereocenters. The van der Waals surface area contributed by atoms with Gasteiger partial charge in [-0.3, -0.25) is 0 Å². The average molecular weight is 237 g/mol. The highest BCUT2D eigenvalue weighted by atomic mass is 16.5. The fraction of sp³-hybridized carbons (Fsp3) is 0.571. The zero-order valence-electron chi connectivity index (χ0n) is 11.1. The molecule has 96 valence electrons. The van der Waals surface area contributed by atoms with Gasteiger partial charge in [-0.25, -0.2) is 0 Å². The van der Waals surface area contributed by atoms with E-state index in [0.29, 0.717) is 6.61 Å². The van der Waals surface area contributed by atoms with Crippen molar-refractivity contribution in [2.45, 2.75) is 39.8 Å². The first-order valence-electron chi connectivity index (χ1n) is 6.08. The molecule has 1 aromatic rings. The van der Waals surface area contributed by atoms with Crippen LogP contribution < -0.4 is 10.5 Å². The summed E-state index contributed by atoms with van der Waals surface area (Å²) in [4.78, 5) is 0. The predicted octanol–water partition coefficient (Wildman–Crippen LogP) is 2.41. The quantitative estimate of drug-likeness (QED) is 0.827. The summed E-state index contributed by atoms with van der Waals surface area (Å²) in [7, 11) is 0. The Morgan fingerprint density at radius 3 is 2.41 bits per heavy atom. The van der Waals surface area contributed by atoms with Gasteiger partial charge in [0.15, 0.2) is 0 Å². The minimum atomic E-state index is -0.428. The normalized spacial score (nSPS) is 14.8. The van der Waals surface area contributed by atoms with Gasteiger partial charge >= 0.3 is 0 Å². The van der Waals surface area contributed by atoms with Crippen molar-refractivity contribution in [3.8, 4) is 5.75 Å². The van der Waals surface area contributed by atoms with Gasteiger partial charge in [0, 0.05) is 6.04 Å². The highest BCUT2D eigenvalue weighted by Crippen LogP contribution is 2.22. The molecule has 0 bridgehead atoms. The number of ether oxygens (including phenoxy) is 1. The number of hydrogen-bond acceptors (Lipinski definition) is 3. The van der Waals surface area contributed by atoms with Gasteiger partial charge in [-0.2, -0.15) is 0 Å². The standard InChI is InChI=1S/C14H23NO2/c1-9(2)13(16)8-17-14-6-5-12(11(4)15)7-10(14)3/h5-7,9,11,13,16H,8,15H2,1-4H3. The Labute approximate surface area is 104 Å².